The number of likely N-dealkylation sites (tertiary alicyclic amines) is 1. The lowest BCUT2D eigenvalue weighted by molar-refractivity contribution is 0.0269. The number of nitrogens with zero attached hydrogens (tertiary/aromatic N) is 2. The number of aliphatic hydroxyl groups excluding tert-OH is 1. The van der Waals surface area contributed by atoms with Crippen molar-refractivity contribution < 1.29 is 19.0 Å². The van der Waals surface area contributed by atoms with Crippen molar-refractivity contribution in [3.05, 3.63) is 59.5 Å². The number of hydrogen-bond acceptors (Lipinski definition) is 4. The fraction of sp³-hybridized carbons (Fsp3) is 0.400. The van der Waals surface area contributed by atoms with Crippen molar-refractivity contribution in [2.45, 2.75) is 19.3 Å². The number of hydrogen-bond donors (Lipinski definition) is 1. The van der Waals surface area contributed by atoms with Crippen LogP contribution in [0.25, 0.3) is 0 Å². The van der Waals surface area contributed by atoms with Gasteiger partial charge in [-0.25, -0.2) is 9.37 Å². The largest absolute Gasteiger partial charge is 0.480 e. The second-order valence-corrected chi connectivity index (χ2v) is 6.85. The Labute approximate surface area is 152 Å². The molecule has 1 aromatic heterocycles. The van der Waals surface area contributed by atoms with E-state index in [0.717, 1.165) is 18.4 Å². The number of aliphatic hydroxyl groups is 1. The topological polar surface area (TPSA) is 62.7 Å². The number of aromatic nitrogens is 1. The second kappa shape index (κ2) is 7.83. The minimum absolute atomic E-state index is 0.0294. The highest BCUT2D eigenvalue weighted by molar-refractivity contribution is 5.96. The molecule has 0 aliphatic carbocycles. The molecule has 1 amide bonds. The lowest BCUT2D eigenvalue weighted by Crippen LogP contribution is -2.49. The Hall–Kier alpha value is -2.47. The summed E-state index contributed by atoms with van der Waals surface area (Å²) in [6, 6.07) is 9.72. The Morgan fingerprint density at radius 2 is 2.12 bits per heavy atom. The lowest BCUT2D eigenvalue weighted by Gasteiger charge is -2.42. The van der Waals surface area contributed by atoms with Gasteiger partial charge in [0.05, 0.1) is 13.7 Å². The fourth-order valence-corrected chi connectivity index (χ4v) is 3.63. The standard InChI is InChI=1S/C20H23FN2O3/c1-26-18-17(4-2-10-22-18)19(25)23-11-3-9-20(13-23,14-24)12-15-5-7-16(21)8-6-15/h2,4-8,10,24H,3,9,11-14H2,1H3. The number of carbonyl (C=O) groups is 1. The predicted octanol–water partition coefficient (Wildman–Crippen LogP) is 2.69. The summed E-state index contributed by atoms with van der Waals surface area (Å²) in [4.78, 5) is 18.8. The molecule has 0 saturated carbocycles. The van der Waals surface area contributed by atoms with E-state index in [1.807, 2.05) is 0 Å². The van der Waals surface area contributed by atoms with Gasteiger partial charge in [-0.1, -0.05) is 12.1 Å². The van der Waals surface area contributed by atoms with Crippen LogP contribution in [0.1, 0.15) is 28.8 Å². The van der Waals surface area contributed by atoms with Crippen LogP contribution >= 0.6 is 0 Å². The van der Waals surface area contributed by atoms with Crippen molar-refractivity contribution in [3.8, 4) is 5.88 Å². The summed E-state index contributed by atoms with van der Waals surface area (Å²) in [5.74, 6) is -0.126. The minimum Gasteiger partial charge on any atom is -0.480 e. The number of halogens is 1. The molecule has 5 nitrogen and oxygen atoms in total. The first-order chi connectivity index (χ1) is 12.6. The van der Waals surface area contributed by atoms with Crippen LogP contribution in [0.4, 0.5) is 4.39 Å². The van der Waals surface area contributed by atoms with Gasteiger partial charge in [-0.15, -0.1) is 0 Å². The third-order valence-corrected chi connectivity index (χ3v) is 4.97. The summed E-state index contributed by atoms with van der Waals surface area (Å²) in [5, 5.41) is 10.1. The molecular formula is C20H23FN2O3. The Morgan fingerprint density at radius 3 is 2.81 bits per heavy atom. The van der Waals surface area contributed by atoms with Gasteiger partial charge < -0.3 is 14.7 Å². The average Bonchev–Trinajstić information content (AvgIpc) is 2.69. The smallest absolute Gasteiger partial charge is 0.259 e. The number of carbonyl (C=O) groups excluding carboxylic acids is 1. The number of benzene rings is 1. The van der Waals surface area contributed by atoms with Crippen LogP contribution in [0.3, 0.4) is 0 Å². The summed E-state index contributed by atoms with van der Waals surface area (Å²) >= 11 is 0. The first-order valence-electron chi connectivity index (χ1n) is 8.70. The fourth-order valence-electron chi connectivity index (χ4n) is 3.63. The van der Waals surface area contributed by atoms with Crippen molar-refractivity contribution >= 4 is 5.91 Å². The molecule has 2 aromatic rings. The van der Waals surface area contributed by atoms with Gasteiger partial charge in [-0.3, -0.25) is 4.79 Å². The van der Waals surface area contributed by atoms with E-state index in [4.69, 9.17) is 4.74 Å². The van der Waals surface area contributed by atoms with E-state index in [1.165, 1.54) is 19.2 Å². The zero-order valence-electron chi connectivity index (χ0n) is 14.8. The third kappa shape index (κ3) is 3.85. The molecule has 1 saturated heterocycles. The normalized spacial score (nSPS) is 20.0. The van der Waals surface area contributed by atoms with Gasteiger partial charge in [0.1, 0.15) is 11.4 Å². The molecule has 2 heterocycles. The monoisotopic (exact) mass is 358 g/mol. The van der Waals surface area contributed by atoms with Crippen LogP contribution < -0.4 is 4.74 Å². The Bertz CT molecular complexity index is 766. The van der Waals surface area contributed by atoms with E-state index in [-0.39, 0.29) is 18.3 Å². The third-order valence-electron chi connectivity index (χ3n) is 4.97. The van der Waals surface area contributed by atoms with E-state index >= 15 is 0 Å². The maximum atomic E-state index is 13.1. The van der Waals surface area contributed by atoms with Crippen LogP contribution in [0.15, 0.2) is 42.6 Å². The summed E-state index contributed by atoms with van der Waals surface area (Å²) in [6.07, 6.45) is 3.79. The van der Waals surface area contributed by atoms with Crippen LogP contribution in [0, 0.1) is 11.2 Å². The van der Waals surface area contributed by atoms with Crippen molar-refractivity contribution in [3.63, 3.8) is 0 Å². The molecule has 3 rings (SSSR count). The Morgan fingerprint density at radius 1 is 1.35 bits per heavy atom. The average molecular weight is 358 g/mol. The molecule has 1 fully saturated rings. The highest BCUT2D eigenvalue weighted by Gasteiger charge is 2.37. The van der Waals surface area contributed by atoms with Crippen LogP contribution in [0.2, 0.25) is 0 Å². The van der Waals surface area contributed by atoms with Gasteiger partial charge in [-0.05, 0) is 49.1 Å². The van der Waals surface area contributed by atoms with Gasteiger partial charge >= 0.3 is 0 Å². The molecule has 1 aliphatic heterocycles. The van der Waals surface area contributed by atoms with Gasteiger partial charge in [0.15, 0.2) is 0 Å². The molecule has 0 spiro atoms. The summed E-state index contributed by atoms with van der Waals surface area (Å²) in [6.45, 7) is 1.04. The molecule has 0 bridgehead atoms. The zero-order valence-corrected chi connectivity index (χ0v) is 14.8. The quantitative estimate of drug-likeness (QED) is 0.893. The summed E-state index contributed by atoms with van der Waals surface area (Å²) in [7, 11) is 1.49. The van der Waals surface area contributed by atoms with Crippen molar-refractivity contribution in [1.82, 2.24) is 9.88 Å². The van der Waals surface area contributed by atoms with E-state index < -0.39 is 5.41 Å². The molecule has 26 heavy (non-hydrogen) atoms. The highest BCUT2D eigenvalue weighted by atomic mass is 19.1. The number of ether oxygens (including phenoxy) is 1. The number of amides is 1. The maximum absolute atomic E-state index is 13.1. The number of pyridine rings is 1. The van der Waals surface area contributed by atoms with Crippen LogP contribution in [-0.4, -0.2) is 47.7 Å². The molecule has 138 valence electrons. The van der Waals surface area contributed by atoms with Crippen molar-refractivity contribution in [1.29, 1.82) is 0 Å². The second-order valence-electron chi connectivity index (χ2n) is 6.85. The maximum Gasteiger partial charge on any atom is 0.259 e. The molecule has 1 unspecified atom stereocenters. The molecule has 1 N–H and O–H groups in total. The minimum atomic E-state index is -0.429. The van der Waals surface area contributed by atoms with E-state index in [2.05, 4.69) is 4.98 Å². The molecule has 1 aliphatic rings. The zero-order chi connectivity index (χ0) is 18.6. The van der Waals surface area contributed by atoms with Crippen molar-refractivity contribution in [2.75, 3.05) is 26.8 Å². The van der Waals surface area contributed by atoms with Gasteiger partial charge in [0.2, 0.25) is 5.88 Å². The predicted molar refractivity (Wildman–Crippen MR) is 95.5 cm³/mol. The van der Waals surface area contributed by atoms with Crippen molar-refractivity contribution in [2.24, 2.45) is 5.41 Å². The van der Waals surface area contributed by atoms with Gasteiger partial charge in [0.25, 0.3) is 5.91 Å². The lowest BCUT2D eigenvalue weighted by atomic mass is 9.75. The van der Waals surface area contributed by atoms with E-state index in [9.17, 15) is 14.3 Å². The highest BCUT2D eigenvalue weighted by Crippen LogP contribution is 2.34. The number of rotatable bonds is 5. The number of piperidine rings is 1. The van der Waals surface area contributed by atoms with E-state index in [0.29, 0.717) is 31.0 Å². The van der Waals surface area contributed by atoms with Crippen LogP contribution in [-0.2, 0) is 6.42 Å². The summed E-state index contributed by atoms with van der Waals surface area (Å²) < 4.78 is 18.3. The Kier molecular flexibility index (Phi) is 5.52. The molecule has 1 aromatic carbocycles. The molecule has 1 atom stereocenters. The molecule has 6 heteroatoms. The van der Waals surface area contributed by atoms with Gasteiger partial charge in [-0.2, -0.15) is 0 Å². The van der Waals surface area contributed by atoms with Crippen LogP contribution in [0.5, 0.6) is 5.88 Å². The first kappa shape index (κ1) is 18.3. The molecular weight excluding hydrogens is 335 g/mol. The summed E-state index contributed by atoms with van der Waals surface area (Å²) in [5.41, 5.74) is 0.945. The first-order valence-corrected chi connectivity index (χ1v) is 8.70. The molecule has 0 radical (unpaired) electrons. The van der Waals surface area contributed by atoms with Gasteiger partial charge in [0, 0.05) is 24.7 Å². The SMILES string of the molecule is COc1ncccc1C(=O)N1CCCC(CO)(Cc2ccc(F)cc2)C1. The number of methoxy groups -OCH3 is 1. The Balaban J connectivity index is 1.80. The van der Waals surface area contributed by atoms with E-state index in [1.54, 1.807) is 35.4 Å².